The van der Waals surface area contributed by atoms with E-state index in [0.717, 1.165) is 17.2 Å². The third kappa shape index (κ3) is 3.01. The Kier molecular flexibility index (Phi) is 4.32. The van der Waals surface area contributed by atoms with Crippen LogP contribution < -0.4 is 4.90 Å². The highest BCUT2D eigenvalue weighted by atomic mass is 32.2. The first-order valence-corrected chi connectivity index (χ1v) is 7.37. The van der Waals surface area contributed by atoms with Gasteiger partial charge in [0.05, 0.1) is 5.56 Å². The lowest BCUT2D eigenvalue weighted by Gasteiger charge is -2.17. The highest BCUT2D eigenvalue weighted by Gasteiger charge is 2.16. The van der Waals surface area contributed by atoms with Gasteiger partial charge in [-0.1, -0.05) is 30.8 Å². The minimum Gasteiger partial charge on any atom is -0.457 e. The van der Waals surface area contributed by atoms with Gasteiger partial charge in [-0.05, 0) is 30.4 Å². The number of carbonyl (C=O) groups is 1. The Morgan fingerprint density at radius 3 is 2.79 bits per heavy atom. The summed E-state index contributed by atoms with van der Waals surface area (Å²) in [5.41, 5.74) is 2.69. The van der Waals surface area contributed by atoms with Gasteiger partial charge in [0.15, 0.2) is 5.09 Å². The van der Waals surface area contributed by atoms with Crippen LogP contribution in [0.3, 0.4) is 0 Å². The number of benzene rings is 1. The number of anilines is 1. The molecule has 100 valence electrons. The van der Waals surface area contributed by atoms with Gasteiger partial charge in [-0.15, -0.1) is 0 Å². The molecule has 0 aliphatic heterocycles. The number of aryl methyl sites for hydroxylation is 1. The van der Waals surface area contributed by atoms with Crippen LogP contribution in [0.15, 0.2) is 46.1 Å². The quantitative estimate of drug-likeness (QED) is 0.795. The number of hydrogen-bond donors (Lipinski definition) is 0. The molecule has 0 N–H and O–H groups in total. The maximum Gasteiger partial charge on any atom is 0.261 e. The smallest absolute Gasteiger partial charge is 0.261 e. The standard InChI is InChI=1S/C15H17NO2S/c1-4-11-6-5-7-13(8-11)16(2)15(17)12-9-14(19-3)18-10-12/h5-10H,4H2,1-3H3. The van der Waals surface area contributed by atoms with Crippen molar-refractivity contribution in [3.8, 4) is 0 Å². The van der Waals surface area contributed by atoms with Crippen LogP contribution in [-0.4, -0.2) is 19.2 Å². The minimum atomic E-state index is -0.0581. The molecule has 0 atom stereocenters. The van der Waals surface area contributed by atoms with E-state index in [1.165, 1.54) is 23.6 Å². The monoisotopic (exact) mass is 275 g/mol. The number of thioether (sulfide) groups is 1. The normalized spacial score (nSPS) is 10.5. The Morgan fingerprint density at radius 1 is 1.37 bits per heavy atom. The highest BCUT2D eigenvalue weighted by molar-refractivity contribution is 7.98. The van der Waals surface area contributed by atoms with Gasteiger partial charge in [-0.3, -0.25) is 4.79 Å². The number of hydrogen-bond acceptors (Lipinski definition) is 3. The molecule has 0 aliphatic rings. The number of rotatable bonds is 4. The molecule has 1 aromatic heterocycles. The van der Waals surface area contributed by atoms with Gasteiger partial charge in [-0.2, -0.15) is 0 Å². The van der Waals surface area contributed by atoms with Crippen molar-refractivity contribution >= 4 is 23.4 Å². The van der Waals surface area contributed by atoms with Gasteiger partial charge < -0.3 is 9.32 Å². The Morgan fingerprint density at radius 2 is 2.16 bits per heavy atom. The predicted octanol–water partition coefficient (Wildman–Crippen LogP) is 3.84. The maximum atomic E-state index is 12.3. The summed E-state index contributed by atoms with van der Waals surface area (Å²) in [6.45, 7) is 2.10. The topological polar surface area (TPSA) is 33.5 Å². The lowest BCUT2D eigenvalue weighted by atomic mass is 10.1. The molecule has 0 saturated carbocycles. The van der Waals surface area contributed by atoms with Crippen molar-refractivity contribution < 1.29 is 9.21 Å². The second-order valence-corrected chi connectivity index (χ2v) is 5.06. The van der Waals surface area contributed by atoms with Crippen LogP contribution in [0.25, 0.3) is 0 Å². The average Bonchev–Trinajstić information content (AvgIpc) is 2.94. The molecule has 2 aromatic rings. The third-order valence-electron chi connectivity index (χ3n) is 3.03. The van der Waals surface area contributed by atoms with Crippen LogP contribution in [0.1, 0.15) is 22.8 Å². The number of nitrogens with zero attached hydrogens (tertiary/aromatic N) is 1. The molecule has 1 aromatic carbocycles. The van der Waals surface area contributed by atoms with Crippen molar-refractivity contribution in [1.82, 2.24) is 0 Å². The molecule has 2 rings (SSSR count). The Balaban J connectivity index is 2.22. The van der Waals surface area contributed by atoms with Gasteiger partial charge in [0.1, 0.15) is 6.26 Å². The Hall–Kier alpha value is -1.68. The van der Waals surface area contributed by atoms with Crippen LogP contribution >= 0.6 is 11.8 Å². The van der Waals surface area contributed by atoms with E-state index in [-0.39, 0.29) is 5.91 Å². The van der Waals surface area contributed by atoms with Gasteiger partial charge in [0.25, 0.3) is 5.91 Å². The van der Waals surface area contributed by atoms with Gasteiger partial charge in [-0.25, -0.2) is 0 Å². The van der Waals surface area contributed by atoms with E-state index in [1.54, 1.807) is 18.0 Å². The molecule has 1 amide bonds. The summed E-state index contributed by atoms with van der Waals surface area (Å²) in [7, 11) is 1.78. The van der Waals surface area contributed by atoms with E-state index in [1.807, 2.05) is 24.5 Å². The molecule has 0 spiro atoms. The maximum absolute atomic E-state index is 12.3. The summed E-state index contributed by atoms with van der Waals surface area (Å²) < 4.78 is 5.28. The zero-order chi connectivity index (χ0) is 13.8. The van der Waals surface area contributed by atoms with Crippen LogP contribution in [0, 0.1) is 0 Å². The molecule has 0 aliphatic carbocycles. The van der Waals surface area contributed by atoms with Gasteiger partial charge in [0.2, 0.25) is 0 Å². The lowest BCUT2D eigenvalue weighted by Crippen LogP contribution is -2.25. The zero-order valence-electron chi connectivity index (χ0n) is 11.3. The molecule has 19 heavy (non-hydrogen) atoms. The summed E-state index contributed by atoms with van der Waals surface area (Å²) in [5, 5.41) is 0.749. The van der Waals surface area contributed by atoms with Crippen molar-refractivity contribution in [1.29, 1.82) is 0 Å². The van der Waals surface area contributed by atoms with E-state index >= 15 is 0 Å². The molecular weight excluding hydrogens is 258 g/mol. The number of amides is 1. The second-order valence-electron chi connectivity index (χ2n) is 4.25. The third-order valence-corrected chi connectivity index (χ3v) is 3.65. The first-order chi connectivity index (χ1) is 9.15. The fourth-order valence-corrected chi connectivity index (χ4v) is 2.22. The molecule has 4 heteroatoms. The molecule has 0 unspecified atom stereocenters. The molecule has 1 heterocycles. The first kappa shape index (κ1) is 13.7. The highest BCUT2D eigenvalue weighted by Crippen LogP contribution is 2.22. The van der Waals surface area contributed by atoms with Gasteiger partial charge >= 0.3 is 0 Å². The van der Waals surface area contributed by atoms with Crippen molar-refractivity contribution in [3.63, 3.8) is 0 Å². The summed E-state index contributed by atoms with van der Waals surface area (Å²) in [6.07, 6.45) is 4.38. The number of carbonyl (C=O) groups excluding carboxylic acids is 1. The van der Waals surface area contributed by atoms with Crippen molar-refractivity contribution in [2.75, 3.05) is 18.2 Å². The van der Waals surface area contributed by atoms with Crippen LogP contribution in [-0.2, 0) is 6.42 Å². The fraction of sp³-hybridized carbons (Fsp3) is 0.267. The van der Waals surface area contributed by atoms with Crippen molar-refractivity contribution in [2.45, 2.75) is 18.4 Å². The zero-order valence-corrected chi connectivity index (χ0v) is 12.2. The molecule has 0 radical (unpaired) electrons. The first-order valence-electron chi connectivity index (χ1n) is 6.15. The fourth-order valence-electron chi connectivity index (χ4n) is 1.83. The average molecular weight is 275 g/mol. The van der Waals surface area contributed by atoms with E-state index in [4.69, 9.17) is 4.42 Å². The predicted molar refractivity (Wildman–Crippen MR) is 79.0 cm³/mol. The summed E-state index contributed by atoms with van der Waals surface area (Å²) >= 11 is 1.48. The lowest BCUT2D eigenvalue weighted by molar-refractivity contribution is 0.0992. The molecule has 0 bridgehead atoms. The van der Waals surface area contributed by atoms with Crippen molar-refractivity contribution in [2.24, 2.45) is 0 Å². The largest absolute Gasteiger partial charge is 0.457 e. The second kappa shape index (κ2) is 5.97. The summed E-state index contributed by atoms with van der Waals surface area (Å²) in [6, 6.07) is 9.78. The van der Waals surface area contributed by atoms with E-state index < -0.39 is 0 Å². The molecule has 0 fully saturated rings. The molecular formula is C15H17NO2S. The Bertz CT molecular complexity index is 577. The van der Waals surface area contributed by atoms with Gasteiger partial charge in [0, 0.05) is 18.8 Å². The van der Waals surface area contributed by atoms with E-state index in [2.05, 4.69) is 13.0 Å². The number of furan rings is 1. The van der Waals surface area contributed by atoms with E-state index in [9.17, 15) is 4.79 Å². The van der Waals surface area contributed by atoms with Crippen LogP contribution in [0.4, 0.5) is 5.69 Å². The minimum absolute atomic E-state index is 0.0581. The molecule has 0 saturated heterocycles. The Labute approximate surface area is 117 Å². The van der Waals surface area contributed by atoms with Crippen LogP contribution in [0.2, 0.25) is 0 Å². The van der Waals surface area contributed by atoms with Crippen molar-refractivity contribution in [3.05, 3.63) is 47.7 Å². The molecule has 3 nitrogen and oxygen atoms in total. The summed E-state index contributed by atoms with van der Waals surface area (Å²) in [5.74, 6) is -0.0581. The van der Waals surface area contributed by atoms with Crippen LogP contribution in [0.5, 0.6) is 0 Å². The SMILES string of the molecule is CCc1cccc(N(C)C(=O)c2coc(SC)c2)c1. The summed E-state index contributed by atoms with van der Waals surface area (Å²) in [4.78, 5) is 14.0. The van der Waals surface area contributed by atoms with E-state index in [0.29, 0.717) is 5.56 Å².